The predicted octanol–water partition coefficient (Wildman–Crippen LogP) is 4.02. The minimum absolute atomic E-state index is 0.323. The highest BCUT2D eigenvalue weighted by atomic mass is 35.5. The second-order valence-corrected chi connectivity index (χ2v) is 4.50. The van der Waals surface area contributed by atoms with Crippen molar-refractivity contribution in [3.63, 3.8) is 0 Å². The minimum atomic E-state index is -0.980. The van der Waals surface area contributed by atoms with Crippen LogP contribution in [-0.2, 0) is 11.4 Å². The second kappa shape index (κ2) is 6.78. The van der Waals surface area contributed by atoms with Crippen LogP contribution in [0.3, 0.4) is 0 Å². The number of carbonyl (C=O) groups is 1. The van der Waals surface area contributed by atoms with E-state index in [1.54, 1.807) is 18.2 Å². The van der Waals surface area contributed by atoms with E-state index in [9.17, 15) is 4.79 Å². The number of hydrogen-bond donors (Lipinski definition) is 1. The molecule has 0 amide bonds. The van der Waals surface area contributed by atoms with E-state index in [1.165, 1.54) is 0 Å². The molecule has 1 N–H and O–H groups in total. The molecular formula is C16H13ClO3. The van der Waals surface area contributed by atoms with Crippen molar-refractivity contribution in [3.8, 4) is 5.75 Å². The molecule has 2 rings (SSSR count). The van der Waals surface area contributed by atoms with E-state index in [0.29, 0.717) is 17.4 Å². The Hall–Kier alpha value is -2.26. The number of carboxylic acid groups (broad SMARTS) is 1. The molecule has 0 atom stereocenters. The molecule has 0 heterocycles. The van der Waals surface area contributed by atoms with E-state index in [4.69, 9.17) is 21.4 Å². The monoisotopic (exact) mass is 288 g/mol. The normalized spacial score (nSPS) is 10.7. The van der Waals surface area contributed by atoms with Gasteiger partial charge in [-0.3, -0.25) is 0 Å². The van der Waals surface area contributed by atoms with E-state index in [2.05, 4.69) is 0 Å². The fraction of sp³-hybridized carbons (Fsp3) is 0.0625. The highest BCUT2D eigenvalue weighted by molar-refractivity contribution is 6.32. The summed E-state index contributed by atoms with van der Waals surface area (Å²) in [4.78, 5) is 10.6. The van der Waals surface area contributed by atoms with Gasteiger partial charge in [-0.15, -0.1) is 0 Å². The molecular weight excluding hydrogens is 276 g/mol. The van der Waals surface area contributed by atoms with E-state index >= 15 is 0 Å². The molecule has 2 aromatic rings. The Morgan fingerprint density at radius 2 is 1.85 bits per heavy atom. The van der Waals surface area contributed by atoms with Crippen LogP contribution in [0.2, 0.25) is 5.02 Å². The predicted molar refractivity (Wildman–Crippen MR) is 78.9 cm³/mol. The van der Waals surface area contributed by atoms with Crippen molar-refractivity contribution in [2.45, 2.75) is 6.61 Å². The molecule has 0 aliphatic heterocycles. The van der Waals surface area contributed by atoms with Crippen molar-refractivity contribution in [1.29, 1.82) is 0 Å². The number of carboxylic acids is 1. The maximum absolute atomic E-state index is 10.6. The standard InChI is InChI=1S/C16H13ClO3/c17-14-7-3-4-8-15(14)20-11-13-6-2-1-5-12(13)9-10-16(18)19/h1-10H,11H2,(H,18,19). The highest BCUT2D eigenvalue weighted by Crippen LogP contribution is 2.24. The summed E-state index contributed by atoms with van der Waals surface area (Å²) in [6.45, 7) is 0.323. The van der Waals surface area contributed by atoms with Crippen LogP contribution in [0, 0.1) is 0 Å². The van der Waals surface area contributed by atoms with Crippen molar-refractivity contribution >= 4 is 23.6 Å². The first-order chi connectivity index (χ1) is 9.66. The summed E-state index contributed by atoms with van der Waals surface area (Å²) < 4.78 is 5.66. The number of ether oxygens (including phenoxy) is 1. The molecule has 0 aliphatic rings. The van der Waals surface area contributed by atoms with Crippen LogP contribution < -0.4 is 4.74 Å². The van der Waals surface area contributed by atoms with Gasteiger partial charge in [-0.1, -0.05) is 48.0 Å². The zero-order valence-electron chi connectivity index (χ0n) is 10.6. The van der Waals surface area contributed by atoms with E-state index in [0.717, 1.165) is 17.2 Å². The molecule has 0 aromatic heterocycles. The zero-order valence-corrected chi connectivity index (χ0v) is 11.4. The molecule has 0 aliphatic carbocycles. The molecule has 0 unspecified atom stereocenters. The Morgan fingerprint density at radius 3 is 2.60 bits per heavy atom. The lowest BCUT2D eigenvalue weighted by Crippen LogP contribution is -1.98. The summed E-state index contributed by atoms with van der Waals surface area (Å²) in [5.74, 6) is -0.377. The van der Waals surface area contributed by atoms with Crippen LogP contribution in [0.25, 0.3) is 6.08 Å². The van der Waals surface area contributed by atoms with Crippen molar-refractivity contribution < 1.29 is 14.6 Å². The number of para-hydroxylation sites is 1. The summed E-state index contributed by atoms with van der Waals surface area (Å²) >= 11 is 6.02. The molecule has 0 spiro atoms. The fourth-order valence-corrected chi connectivity index (χ4v) is 1.90. The molecule has 0 fully saturated rings. The van der Waals surface area contributed by atoms with Crippen molar-refractivity contribution in [1.82, 2.24) is 0 Å². The minimum Gasteiger partial charge on any atom is -0.487 e. The highest BCUT2D eigenvalue weighted by Gasteiger charge is 2.03. The van der Waals surface area contributed by atoms with Gasteiger partial charge >= 0.3 is 5.97 Å². The van der Waals surface area contributed by atoms with E-state index < -0.39 is 5.97 Å². The SMILES string of the molecule is O=C(O)C=Cc1ccccc1COc1ccccc1Cl. The largest absolute Gasteiger partial charge is 0.487 e. The first-order valence-corrected chi connectivity index (χ1v) is 6.41. The summed E-state index contributed by atoms with van der Waals surface area (Å²) in [5, 5.41) is 9.22. The number of benzene rings is 2. The molecule has 4 heteroatoms. The number of hydrogen-bond acceptors (Lipinski definition) is 2. The average Bonchev–Trinajstić information content (AvgIpc) is 2.45. The molecule has 0 saturated carbocycles. The molecule has 0 radical (unpaired) electrons. The number of halogens is 1. The van der Waals surface area contributed by atoms with Crippen LogP contribution in [0.4, 0.5) is 0 Å². The van der Waals surface area contributed by atoms with Gasteiger partial charge in [-0.25, -0.2) is 4.79 Å². The molecule has 3 nitrogen and oxygen atoms in total. The lowest BCUT2D eigenvalue weighted by atomic mass is 10.1. The first kappa shape index (κ1) is 14.2. The summed E-state index contributed by atoms with van der Waals surface area (Å²) in [6.07, 6.45) is 2.65. The Labute approximate surface area is 122 Å². The molecule has 20 heavy (non-hydrogen) atoms. The van der Waals surface area contributed by atoms with Gasteiger partial charge in [-0.2, -0.15) is 0 Å². The third kappa shape index (κ3) is 3.87. The van der Waals surface area contributed by atoms with Crippen LogP contribution in [-0.4, -0.2) is 11.1 Å². The van der Waals surface area contributed by atoms with E-state index in [-0.39, 0.29) is 0 Å². The van der Waals surface area contributed by atoms with Crippen molar-refractivity contribution in [2.75, 3.05) is 0 Å². The Balaban J connectivity index is 2.14. The molecule has 102 valence electrons. The van der Waals surface area contributed by atoms with Gasteiger partial charge in [0.25, 0.3) is 0 Å². The fourth-order valence-electron chi connectivity index (χ4n) is 1.71. The smallest absolute Gasteiger partial charge is 0.328 e. The molecule has 0 bridgehead atoms. The third-order valence-electron chi connectivity index (χ3n) is 2.68. The summed E-state index contributed by atoms with van der Waals surface area (Å²) in [5.41, 5.74) is 1.70. The third-order valence-corrected chi connectivity index (χ3v) is 2.99. The number of rotatable bonds is 5. The summed E-state index contributed by atoms with van der Waals surface area (Å²) in [7, 11) is 0. The van der Waals surface area contributed by atoms with Gasteiger partial charge in [0.05, 0.1) is 5.02 Å². The van der Waals surface area contributed by atoms with Gasteiger partial charge in [0.1, 0.15) is 12.4 Å². The van der Waals surface area contributed by atoms with Gasteiger partial charge in [0.15, 0.2) is 0 Å². The number of aliphatic carboxylic acids is 1. The van der Waals surface area contributed by atoms with Crippen molar-refractivity contribution in [3.05, 3.63) is 70.8 Å². The van der Waals surface area contributed by atoms with Gasteiger partial charge in [-0.05, 0) is 29.3 Å². The Morgan fingerprint density at radius 1 is 1.15 bits per heavy atom. The quantitative estimate of drug-likeness (QED) is 0.845. The molecule has 0 saturated heterocycles. The lowest BCUT2D eigenvalue weighted by Gasteiger charge is -2.10. The average molecular weight is 289 g/mol. The van der Waals surface area contributed by atoms with Gasteiger partial charge in [0, 0.05) is 6.08 Å². The first-order valence-electron chi connectivity index (χ1n) is 6.03. The summed E-state index contributed by atoms with van der Waals surface area (Å²) in [6, 6.07) is 14.7. The van der Waals surface area contributed by atoms with Crippen LogP contribution in [0.5, 0.6) is 5.75 Å². The maximum atomic E-state index is 10.6. The Kier molecular flexibility index (Phi) is 4.80. The van der Waals surface area contributed by atoms with Gasteiger partial charge in [0.2, 0.25) is 0 Å². The second-order valence-electron chi connectivity index (χ2n) is 4.09. The van der Waals surface area contributed by atoms with Crippen LogP contribution >= 0.6 is 11.6 Å². The maximum Gasteiger partial charge on any atom is 0.328 e. The van der Waals surface area contributed by atoms with Crippen molar-refractivity contribution in [2.24, 2.45) is 0 Å². The lowest BCUT2D eigenvalue weighted by molar-refractivity contribution is -0.131. The molecule has 2 aromatic carbocycles. The van der Waals surface area contributed by atoms with Crippen LogP contribution in [0.1, 0.15) is 11.1 Å². The van der Waals surface area contributed by atoms with Crippen LogP contribution in [0.15, 0.2) is 54.6 Å². The van der Waals surface area contributed by atoms with E-state index in [1.807, 2.05) is 36.4 Å². The zero-order chi connectivity index (χ0) is 14.4. The van der Waals surface area contributed by atoms with Gasteiger partial charge < -0.3 is 9.84 Å². The Bertz CT molecular complexity index is 635. The topological polar surface area (TPSA) is 46.5 Å².